The van der Waals surface area contributed by atoms with Crippen LogP contribution >= 0.6 is 0 Å². The molecule has 7 unspecified atom stereocenters. The number of hydrogen-bond acceptors (Lipinski definition) is 2. The molecule has 1 aliphatic heterocycles. The molecule has 0 aromatic rings. The maximum absolute atomic E-state index is 6.25. The molecule has 0 aromatic heterocycles. The van der Waals surface area contributed by atoms with Crippen molar-refractivity contribution in [3.63, 3.8) is 0 Å². The summed E-state index contributed by atoms with van der Waals surface area (Å²) in [5.74, 6) is 5.73. The largest absolute Gasteiger partial charge is 0.347 e. The molecule has 5 rings (SSSR count). The third-order valence-corrected chi connectivity index (χ3v) is 9.01. The van der Waals surface area contributed by atoms with Gasteiger partial charge in [0, 0.05) is 11.8 Å². The van der Waals surface area contributed by atoms with E-state index in [-0.39, 0.29) is 5.79 Å². The highest BCUT2D eigenvalue weighted by Crippen LogP contribution is 2.67. The van der Waals surface area contributed by atoms with Crippen LogP contribution in [0, 0.1) is 40.9 Å². The Bertz CT molecular complexity index is 468. The normalized spacial score (nSPS) is 54.5. The number of fused-ring (bicyclic) bond motifs is 6. The third kappa shape index (κ3) is 2.00. The summed E-state index contributed by atoms with van der Waals surface area (Å²) in [4.78, 5) is 0. The summed E-state index contributed by atoms with van der Waals surface area (Å²) in [7, 11) is 0. The van der Waals surface area contributed by atoms with Gasteiger partial charge in [0.1, 0.15) is 0 Å². The molecule has 5 fully saturated rings. The molecule has 23 heavy (non-hydrogen) atoms. The number of hydrogen-bond donors (Lipinski definition) is 0. The topological polar surface area (TPSA) is 18.5 Å². The van der Waals surface area contributed by atoms with Gasteiger partial charge in [0.15, 0.2) is 5.79 Å². The van der Waals surface area contributed by atoms with Crippen molar-refractivity contribution in [3.05, 3.63) is 0 Å². The molecule has 1 heterocycles. The van der Waals surface area contributed by atoms with Crippen LogP contribution in [0.1, 0.15) is 71.6 Å². The first kappa shape index (κ1) is 15.2. The number of rotatable bonds is 0. The van der Waals surface area contributed by atoms with Crippen molar-refractivity contribution >= 4 is 0 Å². The van der Waals surface area contributed by atoms with Crippen molar-refractivity contribution in [3.8, 4) is 0 Å². The fourth-order valence-electron chi connectivity index (χ4n) is 7.97. The molecule has 0 amide bonds. The molecule has 1 saturated heterocycles. The molecular weight excluding hydrogens is 284 g/mol. The molecule has 0 N–H and O–H groups in total. The van der Waals surface area contributed by atoms with Gasteiger partial charge in [0.05, 0.1) is 13.2 Å². The van der Waals surface area contributed by atoms with Crippen LogP contribution in [0.4, 0.5) is 0 Å². The van der Waals surface area contributed by atoms with Gasteiger partial charge in [-0.15, -0.1) is 0 Å². The summed E-state index contributed by atoms with van der Waals surface area (Å²) in [5, 5.41) is 0. The second kappa shape index (κ2) is 5.21. The van der Waals surface area contributed by atoms with Crippen molar-refractivity contribution in [2.75, 3.05) is 13.2 Å². The molecule has 0 radical (unpaired) electrons. The zero-order valence-corrected chi connectivity index (χ0v) is 15.1. The number of ether oxygens (including phenoxy) is 2. The molecule has 2 heteroatoms. The lowest BCUT2D eigenvalue weighted by molar-refractivity contribution is -0.243. The van der Waals surface area contributed by atoms with E-state index in [1.807, 2.05) is 0 Å². The summed E-state index contributed by atoms with van der Waals surface area (Å²) in [6, 6.07) is 0. The average molecular weight is 319 g/mol. The van der Waals surface area contributed by atoms with Crippen LogP contribution in [-0.4, -0.2) is 19.0 Å². The molecule has 0 bridgehead atoms. The van der Waals surface area contributed by atoms with E-state index < -0.39 is 0 Å². The maximum atomic E-state index is 6.25. The highest BCUT2D eigenvalue weighted by molar-refractivity contribution is 5.10. The van der Waals surface area contributed by atoms with E-state index in [1.54, 1.807) is 0 Å². The molecule has 7 atom stereocenters. The molecule has 130 valence electrons. The lowest BCUT2D eigenvalue weighted by Crippen LogP contribution is -2.54. The van der Waals surface area contributed by atoms with Crippen LogP contribution < -0.4 is 0 Å². The summed E-state index contributed by atoms with van der Waals surface area (Å²) in [5.41, 5.74) is 0.291. The Kier molecular flexibility index (Phi) is 3.44. The SMILES string of the molecule is CC1CCC2C(CCC3C2CCC2(C)C3CCC23OCCO3)C1. The fourth-order valence-corrected chi connectivity index (χ4v) is 7.97. The Hall–Kier alpha value is -0.0800. The van der Waals surface area contributed by atoms with Crippen LogP contribution in [0.3, 0.4) is 0 Å². The predicted octanol–water partition coefficient (Wildman–Crippen LogP) is 5.02. The van der Waals surface area contributed by atoms with Crippen molar-refractivity contribution in [2.45, 2.75) is 77.4 Å². The van der Waals surface area contributed by atoms with E-state index in [9.17, 15) is 0 Å². The molecule has 0 aromatic carbocycles. The van der Waals surface area contributed by atoms with Crippen LogP contribution in [-0.2, 0) is 9.47 Å². The molecule has 1 spiro atoms. The summed E-state index contributed by atoms with van der Waals surface area (Å²) in [6.07, 6.45) is 12.8. The Morgan fingerprint density at radius 2 is 1.57 bits per heavy atom. The summed E-state index contributed by atoms with van der Waals surface area (Å²) >= 11 is 0. The van der Waals surface area contributed by atoms with Gasteiger partial charge in [-0.05, 0) is 80.5 Å². The molecule has 4 saturated carbocycles. The monoisotopic (exact) mass is 318 g/mol. The summed E-state index contributed by atoms with van der Waals surface area (Å²) in [6.45, 7) is 6.63. The zero-order chi connectivity index (χ0) is 15.7. The second-order valence-corrected chi connectivity index (χ2v) is 9.80. The minimum atomic E-state index is -0.208. The van der Waals surface area contributed by atoms with Crippen molar-refractivity contribution < 1.29 is 9.47 Å². The van der Waals surface area contributed by atoms with Gasteiger partial charge >= 0.3 is 0 Å². The summed E-state index contributed by atoms with van der Waals surface area (Å²) < 4.78 is 12.5. The Labute approximate surface area is 141 Å². The van der Waals surface area contributed by atoms with Crippen molar-refractivity contribution in [1.82, 2.24) is 0 Å². The molecular formula is C21H34O2. The average Bonchev–Trinajstić information content (AvgIpc) is 3.14. The van der Waals surface area contributed by atoms with Gasteiger partial charge in [0.2, 0.25) is 0 Å². The standard InChI is InChI=1S/C21H34O2/c1-14-3-5-16-15(13-14)4-6-18-17(16)7-9-20(2)19(18)8-10-21(20)22-11-12-23-21/h14-19H,3-13H2,1-2H3. The van der Waals surface area contributed by atoms with E-state index in [1.165, 1.54) is 51.4 Å². The minimum Gasteiger partial charge on any atom is -0.347 e. The first-order chi connectivity index (χ1) is 11.1. The Morgan fingerprint density at radius 3 is 2.39 bits per heavy atom. The Morgan fingerprint density at radius 1 is 0.783 bits per heavy atom. The fraction of sp³-hybridized carbons (Fsp3) is 1.00. The minimum absolute atomic E-state index is 0.208. The van der Waals surface area contributed by atoms with Gasteiger partial charge in [0.25, 0.3) is 0 Å². The second-order valence-electron chi connectivity index (χ2n) is 9.80. The quantitative estimate of drug-likeness (QED) is 0.624. The first-order valence-electron chi connectivity index (χ1n) is 10.4. The van der Waals surface area contributed by atoms with E-state index in [0.717, 1.165) is 55.1 Å². The van der Waals surface area contributed by atoms with E-state index in [2.05, 4.69) is 13.8 Å². The van der Waals surface area contributed by atoms with Crippen molar-refractivity contribution in [1.29, 1.82) is 0 Å². The Balaban J connectivity index is 1.41. The third-order valence-electron chi connectivity index (χ3n) is 9.01. The smallest absolute Gasteiger partial charge is 0.174 e. The predicted molar refractivity (Wildman–Crippen MR) is 90.9 cm³/mol. The van der Waals surface area contributed by atoms with Gasteiger partial charge in [-0.2, -0.15) is 0 Å². The molecule has 2 nitrogen and oxygen atoms in total. The van der Waals surface area contributed by atoms with Crippen LogP contribution in [0.5, 0.6) is 0 Å². The lowest BCUT2D eigenvalue weighted by atomic mass is 9.49. The van der Waals surface area contributed by atoms with Crippen molar-refractivity contribution in [2.24, 2.45) is 40.9 Å². The van der Waals surface area contributed by atoms with E-state index in [4.69, 9.17) is 9.47 Å². The maximum Gasteiger partial charge on any atom is 0.174 e. The van der Waals surface area contributed by atoms with Gasteiger partial charge in [-0.1, -0.05) is 20.3 Å². The highest BCUT2D eigenvalue weighted by Gasteiger charge is 2.65. The molecule has 5 aliphatic rings. The zero-order valence-electron chi connectivity index (χ0n) is 15.1. The van der Waals surface area contributed by atoms with Gasteiger partial charge < -0.3 is 9.47 Å². The first-order valence-corrected chi connectivity index (χ1v) is 10.4. The van der Waals surface area contributed by atoms with E-state index in [0.29, 0.717) is 5.41 Å². The van der Waals surface area contributed by atoms with E-state index >= 15 is 0 Å². The molecule has 4 aliphatic carbocycles. The lowest BCUT2D eigenvalue weighted by Gasteiger charge is -2.57. The van der Waals surface area contributed by atoms with Crippen LogP contribution in [0.25, 0.3) is 0 Å². The van der Waals surface area contributed by atoms with Crippen LogP contribution in [0.2, 0.25) is 0 Å². The van der Waals surface area contributed by atoms with Gasteiger partial charge in [-0.3, -0.25) is 0 Å². The highest BCUT2D eigenvalue weighted by atomic mass is 16.7. The van der Waals surface area contributed by atoms with Gasteiger partial charge in [-0.25, -0.2) is 0 Å². The van der Waals surface area contributed by atoms with Crippen LogP contribution in [0.15, 0.2) is 0 Å².